The van der Waals surface area contributed by atoms with Crippen LogP contribution in [0.15, 0.2) is 59.6 Å². The molecule has 1 amide bonds. The fourth-order valence-electron chi connectivity index (χ4n) is 3.62. The number of hydrogen-bond acceptors (Lipinski definition) is 5. The number of para-hydroxylation sites is 2. The number of amides is 1. The van der Waals surface area contributed by atoms with Crippen molar-refractivity contribution in [3.05, 3.63) is 66.0 Å². The maximum absolute atomic E-state index is 13.3. The van der Waals surface area contributed by atoms with Gasteiger partial charge in [-0.05, 0) is 37.1 Å². The number of anilines is 1. The largest absolute Gasteiger partial charge is 0.418 e. The first-order chi connectivity index (χ1) is 15.7. The first kappa shape index (κ1) is 22.9. The fraction of sp³-hybridized carbons (Fsp3) is 0.286. The van der Waals surface area contributed by atoms with Crippen LogP contribution in [0.25, 0.3) is 5.69 Å². The van der Waals surface area contributed by atoms with E-state index in [9.17, 15) is 26.4 Å². The molecule has 1 fully saturated rings. The van der Waals surface area contributed by atoms with Gasteiger partial charge in [0.15, 0.2) is 5.69 Å². The van der Waals surface area contributed by atoms with E-state index in [0.717, 1.165) is 36.2 Å². The van der Waals surface area contributed by atoms with Crippen molar-refractivity contribution in [2.24, 2.45) is 0 Å². The molecule has 0 aliphatic carbocycles. The molecule has 0 radical (unpaired) electrons. The molecule has 1 aliphatic rings. The van der Waals surface area contributed by atoms with Gasteiger partial charge in [0.2, 0.25) is 10.0 Å². The molecule has 0 bridgehead atoms. The molecule has 33 heavy (non-hydrogen) atoms. The number of carbonyl (C=O) groups excluding carboxylic acids is 1. The second-order valence-corrected chi connectivity index (χ2v) is 9.38. The van der Waals surface area contributed by atoms with E-state index in [1.807, 2.05) is 0 Å². The monoisotopic (exact) mass is 479 g/mol. The van der Waals surface area contributed by atoms with Gasteiger partial charge in [-0.25, -0.2) is 13.1 Å². The van der Waals surface area contributed by atoms with Crippen LogP contribution in [0, 0.1) is 0 Å². The van der Waals surface area contributed by atoms with Crippen molar-refractivity contribution in [1.29, 1.82) is 0 Å². The number of aromatic nitrogens is 3. The molecular formula is C21H20F3N5O3S. The first-order valence-corrected chi connectivity index (χ1v) is 11.6. The molecule has 174 valence electrons. The van der Waals surface area contributed by atoms with Gasteiger partial charge in [0.05, 0.1) is 23.1 Å². The summed E-state index contributed by atoms with van der Waals surface area (Å²) < 4.78 is 68.3. The smallest absolute Gasteiger partial charge is 0.319 e. The lowest BCUT2D eigenvalue weighted by Crippen LogP contribution is -2.36. The molecule has 0 spiro atoms. The van der Waals surface area contributed by atoms with Gasteiger partial charge in [-0.3, -0.25) is 4.79 Å². The van der Waals surface area contributed by atoms with Gasteiger partial charge in [0.1, 0.15) is 4.90 Å². The van der Waals surface area contributed by atoms with Crippen molar-refractivity contribution in [2.75, 3.05) is 18.4 Å². The average molecular weight is 479 g/mol. The number of nitrogens with one attached hydrogen (secondary N) is 1. The van der Waals surface area contributed by atoms with E-state index in [2.05, 4.69) is 15.6 Å². The van der Waals surface area contributed by atoms with Gasteiger partial charge < -0.3 is 5.32 Å². The van der Waals surface area contributed by atoms with Crippen LogP contribution in [0.1, 0.15) is 35.3 Å². The van der Waals surface area contributed by atoms with Gasteiger partial charge in [-0.15, -0.1) is 5.10 Å². The number of sulfonamides is 1. The zero-order chi connectivity index (χ0) is 23.6. The zero-order valence-corrected chi connectivity index (χ0v) is 18.1. The lowest BCUT2D eigenvalue weighted by Gasteiger charge is -2.26. The van der Waals surface area contributed by atoms with Gasteiger partial charge >= 0.3 is 6.18 Å². The highest BCUT2D eigenvalue weighted by Gasteiger charge is 2.34. The number of piperidine rings is 1. The Kier molecular flexibility index (Phi) is 6.21. The summed E-state index contributed by atoms with van der Waals surface area (Å²) in [5.41, 5.74) is -1.43. The third-order valence-corrected chi connectivity index (χ3v) is 7.21. The molecule has 12 heteroatoms. The minimum absolute atomic E-state index is 0.0540. The predicted molar refractivity (Wildman–Crippen MR) is 113 cm³/mol. The molecule has 1 aliphatic heterocycles. The van der Waals surface area contributed by atoms with E-state index >= 15 is 0 Å². The van der Waals surface area contributed by atoms with Crippen molar-refractivity contribution < 1.29 is 26.4 Å². The first-order valence-electron chi connectivity index (χ1n) is 10.2. The predicted octanol–water partition coefficient (Wildman–Crippen LogP) is 3.71. The van der Waals surface area contributed by atoms with Crippen LogP contribution in [0.2, 0.25) is 0 Å². The Labute approximate surface area is 188 Å². The standard InChI is InChI=1S/C21H20F3N5O3S/c22-21(23,24)15-8-2-4-10-18(15)29-14-17(26-27-29)20(30)25-16-9-3-5-11-19(16)33(31,32)28-12-6-1-7-13-28/h2-5,8-11,14H,1,6-7,12-13H2,(H,25,30). The molecule has 4 rings (SSSR count). The summed E-state index contributed by atoms with van der Waals surface area (Å²) in [5.74, 6) is -0.799. The van der Waals surface area contributed by atoms with Crippen molar-refractivity contribution in [1.82, 2.24) is 19.3 Å². The van der Waals surface area contributed by atoms with E-state index in [4.69, 9.17) is 0 Å². The zero-order valence-electron chi connectivity index (χ0n) is 17.3. The van der Waals surface area contributed by atoms with Crippen LogP contribution in [0.3, 0.4) is 0 Å². The Balaban J connectivity index is 1.60. The summed E-state index contributed by atoms with van der Waals surface area (Å²) in [6, 6.07) is 10.7. The molecule has 8 nitrogen and oxygen atoms in total. The molecule has 3 aromatic rings. The number of alkyl halides is 3. The second kappa shape index (κ2) is 8.94. The van der Waals surface area contributed by atoms with Crippen LogP contribution >= 0.6 is 0 Å². The number of hydrogen-bond donors (Lipinski definition) is 1. The Morgan fingerprint density at radius 3 is 2.36 bits per heavy atom. The quantitative estimate of drug-likeness (QED) is 0.602. The van der Waals surface area contributed by atoms with Crippen LogP contribution in [-0.4, -0.2) is 46.7 Å². The number of rotatable bonds is 5. The van der Waals surface area contributed by atoms with Crippen LogP contribution in [0.4, 0.5) is 18.9 Å². The molecule has 0 atom stereocenters. The highest BCUT2D eigenvalue weighted by Crippen LogP contribution is 2.33. The van der Waals surface area contributed by atoms with Crippen molar-refractivity contribution in [3.63, 3.8) is 0 Å². The van der Waals surface area contributed by atoms with Gasteiger partial charge in [0.25, 0.3) is 5.91 Å². The van der Waals surface area contributed by atoms with Crippen molar-refractivity contribution >= 4 is 21.6 Å². The van der Waals surface area contributed by atoms with E-state index in [0.29, 0.717) is 13.1 Å². The lowest BCUT2D eigenvalue weighted by atomic mass is 10.1. The van der Waals surface area contributed by atoms with Gasteiger partial charge in [-0.1, -0.05) is 35.9 Å². The minimum atomic E-state index is -4.62. The molecule has 0 saturated carbocycles. The van der Waals surface area contributed by atoms with Crippen LogP contribution in [-0.2, 0) is 16.2 Å². The van der Waals surface area contributed by atoms with Crippen LogP contribution in [0.5, 0.6) is 0 Å². The maximum Gasteiger partial charge on any atom is 0.418 e. The molecule has 1 saturated heterocycles. The van der Waals surface area contributed by atoms with E-state index < -0.39 is 27.7 Å². The Hall–Kier alpha value is -3.25. The molecule has 2 heterocycles. The third-order valence-electron chi connectivity index (χ3n) is 5.25. The normalized spacial score (nSPS) is 15.4. The number of carbonyl (C=O) groups is 1. The Morgan fingerprint density at radius 2 is 1.64 bits per heavy atom. The molecule has 2 aromatic carbocycles. The Bertz CT molecular complexity index is 1270. The number of nitrogens with zero attached hydrogens (tertiary/aromatic N) is 4. The topological polar surface area (TPSA) is 97.2 Å². The maximum atomic E-state index is 13.3. The highest BCUT2D eigenvalue weighted by atomic mass is 32.2. The number of halogens is 3. The van der Waals surface area contributed by atoms with Crippen molar-refractivity contribution in [2.45, 2.75) is 30.3 Å². The second-order valence-electron chi connectivity index (χ2n) is 7.48. The third kappa shape index (κ3) is 4.76. The minimum Gasteiger partial charge on any atom is -0.319 e. The SMILES string of the molecule is O=C(Nc1ccccc1S(=O)(=O)N1CCCCC1)c1cn(-c2ccccc2C(F)(F)F)nn1. The van der Waals surface area contributed by atoms with Crippen molar-refractivity contribution in [3.8, 4) is 5.69 Å². The molecule has 1 N–H and O–H groups in total. The molecule has 1 aromatic heterocycles. The lowest BCUT2D eigenvalue weighted by molar-refractivity contribution is -0.137. The highest BCUT2D eigenvalue weighted by molar-refractivity contribution is 7.89. The van der Waals surface area contributed by atoms with E-state index in [-0.39, 0.29) is 22.0 Å². The van der Waals surface area contributed by atoms with Gasteiger partial charge in [0, 0.05) is 13.1 Å². The van der Waals surface area contributed by atoms with Crippen LogP contribution < -0.4 is 5.32 Å². The van der Waals surface area contributed by atoms with E-state index in [1.165, 1.54) is 34.6 Å². The molecular weight excluding hydrogens is 459 g/mol. The number of benzene rings is 2. The molecule has 0 unspecified atom stereocenters. The fourth-order valence-corrected chi connectivity index (χ4v) is 5.29. The average Bonchev–Trinajstić information content (AvgIpc) is 3.30. The van der Waals surface area contributed by atoms with E-state index in [1.54, 1.807) is 12.1 Å². The summed E-state index contributed by atoms with van der Waals surface area (Å²) in [6.45, 7) is 0.801. The summed E-state index contributed by atoms with van der Waals surface area (Å²) in [4.78, 5) is 12.7. The summed E-state index contributed by atoms with van der Waals surface area (Å²) in [7, 11) is -3.83. The van der Waals surface area contributed by atoms with Gasteiger partial charge in [-0.2, -0.15) is 17.5 Å². The summed E-state index contributed by atoms with van der Waals surface area (Å²) >= 11 is 0. The summed E-state index contributed by atoms with van der Waals surface area (Å²) in [6.07, 6.45) is -1.08. The summed E-state index contributed by atoms with van der Waals surface area (Å²) in [5, 5.41) is 9.81. The Morgan fingerprint density at radius 1 is 0.970 bits per heavy atom.